The third-order valence-corrected chi connectivity index (χ3v) is 4.66. The standard InChI is InChI=1S/C17H16Cl2N2O2/c18-11-4-3-10(14(19)8-11)9-21-17(23)13-5-6-15(22)16-12(13)2-1-7-20-16/h1-4,7-8,13,15,22H,5-6,9H2,(H,21,23)/t13-,15-/m1/s1. The van der Waals surface area contributed by atoms with Gasteiger partial charge in [-0.05, 0) is 42.2 Å². The Balaban J connectivity index is 1.73. The molecule has 4 nitrogen and oxygen atoms in total. The van der Waals surface area contributed by atoms with Crippen LogP contribution in [0.25, 0.3) is 0 Å². The molecular weight excluding hydrogens is 335 g/mol. The fourth-order valence-electron chi connectivity index (χ4n) is 2.86. The maximum atomic E-state index is 12.5. The van der Waals surface area contributed by atoms with Crippen molar-refractivity contribution in [3.05, 3.63) is 63.4 Å². The van der Waals surface area contributed by atoms with E-state index < -0.39 is 6.10 Å². The zero-order valence-electron chi connectivity index (χ0n) is 12.3. The molecule has 1 aromatic carbocycles. The summed E-state index contributed by atoms with van der Waals surface area (Å²) in [5, 5.41) is 14.0. The minimum Gasteiger partial charge on any atom is -0.387 e. The van der Waals surface area contributed by atoms with E-state index in [2.05, 4.69) is 10.3 Å². The molecule has 6 heteroatoms. The van der Waals surface area contributed by atoms with Crippen molar-refractivity contribution in [2.45, 2.75) is 31.4 Å². The van der Waals surface area contributed by atoms with Crippen molar-refractivity contribution in [1.29, 1.82) is 0 Å². The number of nitrogens with zero attached hydrogens (tertiary/aromatic N) is 1. The van der Waals surface area contributed by atoms with Gasteiger partial charge in [-0.1, -0.05) is 35.3 Å². The molecule has 120 valence electrons. The fraction of sp³-hybridized carbons (Fsp3) is 0.294. The molecule has 0 radical (unpaired) electrons. The molecule has 3 rings (SSSR count). The fourth-order valence-corrected chi connectivity index (χ4v) is 3.34. The Bertz CT molecular complexity index is 736. The summed E-state index contributed by atoms with van der Waals surface area (Å²) >= 11 is 12.0. The lowest BCUT2D eigenvalue weighted by molar-refractivity contribution is -0.123. The van der Waals surface area contributed by atoms with Gasteiger partial charge in [0.1, 0.15) is 0 Å². The van der Waals surface area contributed by atoms with Crippen LogP contribution in [-0.2, 0) is 11.3 Å². The van der Waals surface area contributed by atoms with Gasteiger partial charge in [0.15, 0.2) is 0 Å². The second-order valence-electron chi connectivity index (χ2n) is 5.58. The molecule has 1 aliphatic rings. The molecule has 0 aliphatic heterocycles. The number of aliphatic hydroxyl groups is 1. The van der Waals surface area contributed by atoms with Crippen LogP contribution in [0.15, 0.2) is 36.5 Å². The van der Waals surface area contributed by atoms with Gasteiger partial charge in [-0.15, -0.1) is 0 Å². The van der Waals surface area contributed by atoms with Crippen molar-refractivity contribution in [2.24, 2.45) is 0 Å². The average molecular weight is 351 g/mol. The minimum atomic E-state index is -0.596. The number of hydrogen-bond acceptors (Lipinski definition) is 3. The summed E-state index contributed by atoms with van der Waals surface area (Å²) in [5.74, 6) is -0.384. The van der Waals surface area contributed by atoms with Crippen LogP contribution in [0.3, 0.4) is 0 Å². The summed E-state index contributed by atoms with van der Waals surface area (Å²) in [5.41, 5.74) is 2.21. The molecule has 0 bridgehead atoms. The van der Waals surface area contributed by atoms with Crippen LogP contribution in [0.2, 0.25) is 10.0 Å². The number of halogens is 2. The number of benzene rings is 1. The highest BCUT2D eigenvalue weighted by molar-refractivity contribution is 6.35. The van der Waals surface area contributed by atoms with Crippen molar-refractivity contribution in [3.63, 3.8) is 0 Å². The summed E-state index contributed by atoms with van der Waals surface area (Å²) in [6, 6.07) is 8.83. The van der Waals surface area contributed by atoms with E-state index in [4.69, 9.17) is 23.2 Å². The maximum Gasteiger partial charge on any atom is 0.227 e. The molecule has 1 aromatic heterocycles. The van der Waals surface area contributed by atoms with Crippen molar-refractivity contribution >= 4 is 29.1 Å². The lowest BCUT2D eigenvalue weighted by Crippen LogP contribution is -2.32. The van der Waals surface area contributed by atoms with Crippen molar-refractivity contribution in [2.75, 3.05) is 0 Å². The Morgan fingerprint density at radius 1 is 1.30 bits per heavy atom. The number of nitrogens with one attached hydrogen (secondary N) is 1. The van der Waals surface area contributed by atoms with Gasteiger partial charge in [-0.25, -0.2) is 0 Å². The highest BCUT2D eigenvalue weighted by atomic mass is 35.5. The Morgan fingerprint density at radius 3 is 2.91 bits per heavy atom. The van der Waals surface area contributed by atoms with E-state index in [-0.39, 0.29) is 11.8 Å². The number of carbonyl (C=O) groups excluding carboxylic acids is 1. The van der Waals surface area contributed by atoms with Crippen LogP contribution in [-0.4, -0.2) is 16.0 Å². The van der Waals surface area contributed by atoms with Gasteiger partial charge in [-0.3, -0.25) is 9.78 Å². The highest BCUT2D eigenvalue weighted by Crippen LogP contribution is 2.36. The Labute approximate surface area is 144 Å². The second kappa shape index (κ2) is 6.87. The smallest absolute Gasteiger partial charge is 0.227 e. The van der Waals surface area contributed by atoms with Gasteiger partial charge in [-0.2, -0.15) is 0 Å². The van der Waals surface area contributed by atoms with E-state index in [9.17, 15) is 9.90 Å². The molecular formula is C17H16Cl2N2O2. The Morgan fingerprint density at radius 2 is 2.13 bits per heavy atom. The second-order valence-corrected chi connectivity index (χ2v) is 6.42. The molecule has 1 aliphatic carbocycles. The molecule has 0 fully saturated rings. The predicted octanol–water partition coefficient (Wildman–Crippen LogP) is 3.62. The van der Waals surface area contributed by atoms with E-state index in [0.717, 1.165) is 11.1 Å². The van der Waals surface area contributed by atoms with Gasteiger partial charge in [0.2, 0.25) is 5.91 Å². The Kier molecular flexibility index (Phi) is 4.85. The molecule has 0 spiro atoms. The zero-order chi connectivity index (χ0) is 16.4. The van der Waals surface area contributed by atoms with E-state index in [1.54, 1.807) is 30.5 Å². The van der Waals surface area contributed by atoms with Gasteiger partial charge in [0.25, 0.3) is 0 Å². The first-order valence-corrected chi connectivity index (χ1v) is 8.16. The third-order valence-electron chi connectivity index (χ3n) is 4.08. The van der Waals surface area contributed by atoms with E-state index >= 15 is 0 Å². The van der Waals surface area contributed by atoms with Crippen molar-refractivity contribution in [1.82, 2.24) is 10.3 Å². The molecule has 2 N–H and O–H groups in total. The van der Waals surface area contributed by atoms with Gasteiger partial charge in [0, 0.05) is 22.8 Å². The molecule has 1 heterocycles. The zero-order valence-corrected chi connectivity index (χ0v) is 13.8. The normalized spacial score (nSPS) is 20.0. The van der Waals surface area contributed by atoms with Crippen LogP contribution >= 0.6 is 23.2 Å². The van der Waals surface area contributed by atoms with Crippen LogP contribution in [0.4, 0.5) is 0 Å². The number of aliphatic hydroxyl groups excluding tert-OH is 1. The van der Waals surface area contributed by atoms with Gasteiger partial charge in [0.05, 0.1) is 17.7 Å². The third kappa shape index (κ3) is 3.50. The van der Waals surface area contributed by atoms with Crippen LogP contribution in [0.1, 0.15) is 41.7 Å². The molecule has 2 atom stereocenters. The first kappa shape index (κ1) is 16.2. The minimum absolute atomic E-state index is 0.0860. The number of amides is 1. The summed E-state index contributed by atoms with van der Waals surface area (Å²) in [6.07, 6.45) is 2.17. The SMILES string of the molecule is O=C(NCc1ccc(Cl)cc1Cl)[C@@H]1CC[C@@H](O)c2ncccc21. The van der Waals surface area contributed by atoms with Crippen LogP contribution < -0.4 is 5.32 Å². The van der Waals surface area contributed by atoms with E-state index in [1.165, 1.54) is 0 Å². The molecule has 0 unspecified atom stereocenters. The first-order valence-electron chi connectivity index (χ1n) is 7.41. The van der Waals surface area contributed by atoms with Crippen molar-refractivity contribution < 1.29 is 9.90 Å². The lowest BCUT2D eigenvalue weighted by atomic mass is 9.83. The van der Waals surface area contributed by atoms with Gasteiger partial charge < -0.3 is 10.4 Å². The largest absolute Gasteiger partial charge is 0.387 e. The number of pyridine rings is 1. The van der Waals surface area contributed by atoms with Crippen LogP contribution in [0.5, 0.6) is 0 Å². The van der Waals surface area contributed by atoms with Crippen LogP contribution in [0, 0.1) is 0 Å². The molecule has 0 saturated heterocycles. The number of carbonyl (C=O) groups is 1. The predicted molar refractivity (Wildman–Crippen MR) is 89.5 cm³/mol. The molecule has 1 amide bonds. The average Bonchev–Trinajstić information content (AvgIpc) is 2.54. The Hall–Kier alpha value is -1.62. The summed E-state index contributed by atoms with van der Waals surface area (Å²) in [6.45, 7) is 0.337. The topological polar surface area (TPSA) is 62.2 Å². The number of rotatable bonds is 3. The quantitative estimate of drug-likeness (QED) is 0.888. The summed E-state index contributed by atoms with van der Waals surface area (Å²) in [4.78, 5) is 16.7. The van der Waals surface area contributed by atoms with Gasteiger partial charge >= 0.3 is 0 Å². The molecule has 23 heavy (non-hydrogen) atoms. The highest BCUT2D eigenvalue weighted by Gasteiger charge is 2.31. The lowest BCUT2D eigenvalue weighted by Gasteiger charge is -2.27. The number of hydrogen-bond donors (Lipinski definition) is 2. The van der Waals surface area contributed by atoms with E-state index in [1.807, 2.05) is 6.07 Å². The maximum absolute atomic E-state index is 12.5. The molecule has 2 aromatic rings. The number of fused-ring (bicyclic) bond motifs is 1. The summed E-state index contributed by atoms with van der Waals surface area (Å²) in [7, 11) is 0. The summed E-state index contributed by atoms with van der Waals surface area (Å²) < 4.78 is 0. The van der Waals surface area contributed by atoms with Crippen molar-refractivity contribution in [3.8, 4) is 0 Å². The first-order chi connectivity index (χ1) is 11.1. The molecule has 0 saturated carbocycles. The number of aromatic nitrogens is 1. The van der Waals surface area contributed by atoms with E-state index in [0.29, 0.717) is 35.1 Å². The monoisotopic (exact) mass is 350 g/mol.